The largest absolute Gasteiger partial charge is 0.356 e. The fourth-order valence-corrected chi connectivity index (χ4v) is 2.01. The van der Waals surface area contributed by atoms with E-state index in [2.05, 4.69) is 36.5 Å². The molecule has 0 bridgehead atoms. The molecule has 0 aliphatic heterocycles. The highest BCUT2D eigenvalue weighted by Crippen LogP contribution is 2.15. The number of unbranched alkanes of at least 4 members (excludes halogenated alkanes) is 1. The summed E-state index contributed by atoms with van der Waals surface area (Å²) in [5.74, 6) is 0.545. The molecule has 0 amide bonds. The highest BCUT2D eigenvalue weighted by molar-refractivity contribution is 9.10. The maximum atomic E-state index is 8.55. The highest BCUT2D eigenvalue weighted by Gasteiger charge is 2.00. The SMILES string of the molecule is CCNC(=NCCCCc1ncccc1Br)NC#N. The van der Waals surface area contributed by atoms with Gasteiger partial charge in [-0.1, -0.05) is 0 Å². The van der Waals surface area contributed by atoms with Crippen molar-refractivity contribution in [3.8, 4) is 6.19 Å². The van der Waals surface area contributed by atoms with Crippen LogP contribution in [0.1, 0.15) is 25.5 Å². The Kier molecular flexibility index (Phi) is 7.59. The van der Waals surface area contributed by atoms with Crippen LogP contribution in [0.2, 0.25) is 0 Å². The van der Waals surface area contributed by atoms with E-state index in [-0.39, 0.29) is 0 Å². The molecule has 0 spiro atoms. The summed E-state index contributed by atoms with van der Waals surface area (Å²) in [6.07, 6.45) is 6.58. The van der Waals surface area contributed by atoms with Crippen molar-refractivity contribution >= 4 is 21.9 Å². The van der Waals surface area contributed by atoms with E-state index in [1.165, 1.54) is 0 Å². The van der Waals surface area contributed by atoms with Gasteiger partial charge >= 0.3 is 0 Å². The fraction of sp³-hybridized carbons (Fsp3) is 0.462. The second-order valence-corrected chi connectivity index (χ2v) is 4.74. The van der Waals surface area contributed by atoms with Gasteiger partial charge in [0.25, 0.3) is 0 Å². The molecule has 1 heterocycles. The van der Waals surface area contributed by atoms with Gasteiger partial charge in [0.15, 0.2) is 6.19 Å². The number of aromatic nitrogens is 1. The van der Waals surface area contributed by atoms with Gasteiger partial charge in [-0.25, -0.2) is 0 Å². The van der Waals surface area contributed by atoms with E-state index in [1.54, 1.807) is 6.20 Å². The number of hydrogen-bond acceptors (Lipinski definition) is 3. The molecule has 0 atom stereocenters. The molecule has 0 aromatic carbocycles. The van der Waals surface area contributed by atoms with Crippen molar-refractivity contribution in [3.05, 3.63) is 28.5 Å². The molecule has 0 saturated carbocycles. The van der Waals surface area contributed by atoms with E-state index in [1.807, 2.05) is 25.2 Å². The third-order valence-electron chi connectivity index (χ3n) is 2.44. The first-order valence-electron chi connectivity index (χ1n) is 6.30. The number of nitrogens with one attached hydrogen (secondary N) is 2. The van der Waals surface area contributed by atoms with Gasteiger partial charge in [-0.3, -0.25) is 15.3 Å². The number of halogens is 1. The monoisotopic (exact) mass is 323 g/mol. The smallest absolute Gasteiger partial charge is 0.204 e. The minimum absolute atomic E-state index is 0.545. The molecule has 0 radical (unpaired) electrons. The lowest BCUT2D eigenvalue weighted by Gasteiger charge is -2.05. The van der Waals surface area contributed by atoms with Crippen molar-refractivity contribution in [2.24, 2.45) is 4.99 Å². The summed E-state index contributed by atoms with van der Waals surface area (Å²) in [6.45, 7) is 3.41. The predicted octanol–water partition coefficient (Wildman–Crippen LogP) is 2.20. The average Bonchev–Trinajstić information content (AvgIpc) is 2.41. The number of aryl methyl sites for hydroxylation is 1. The summed E-state index contributed by atoms with van der Waals surface area (Å²) in [5.41, 5.74) is 1.08. The third kappa shape index (κ3) is 6.20. The standard InChI is InChI=1S/C13H18BrN5/c1-2-16-13(19-10-15)18-8-4-3-7-12-11(14)6-5-9-17-12/h5-6,9H,2-4,7-8H2,1H3,(H2,16,18,19). The first-order valence-corrected chi connectivity index (χ1v) is 7.10. The molecular weight excluding hydrogens is 306 g/mol. The summed E-state index contributed by atoms with van der Waals surface area (Å²) < 4.78 is 1.05. The van der Waals surface area contributed by atoms with E-state index in [4.69, 9.17) is 5.26 Å². The maximum Gasteiger partial charge on any atom is 0.204 e. The fourth-order valence-electron chi connectivity index (χ4n) is 1.56. The van der Waals surface area contributed by atoms with Crippen LogP contribution >= 0.6 is 15.9 Å². The van der Waals surface area contributed by atoms with Crippen molar-refractivity contribution in [1.29, 1.82) is 5.26 Å². The van der Waals surface area contributed by atoms with Crippen molar-refractivity contribution in [2.75, 3.05) is 13.1 Å². The molecule has 5 nitrogen and oxygen atoms in total. The van der Waals surface area contributed by atoms with Crippen molar-refractivity contribution in [3.63, 3.8) is 0 Å². The molecule has 0 unspecified atom stereocenters. The Labute approximate surface area is 122 Å². The van der Waals surface area contributed by atoms with Gasteiger partial charge in [-0.05, 0) is 54.2 Å². The van der Waals surface area contributed by atoms with Gasteiger partial charge in [0.2, 0.25) is 5.96 Å². The van der Waals surface area contributed by atoms with E-state index in [0.29, 0.717) is 12.5 Å². The van der Waals surface area contributed by atoms with E-state index < -0.39 is 0 Å². The number of rotatable bonds is 6. The van der Waals surface area contributed by atoms with Gasteiger partial charge in [0.05, 0.1) is 5.69 Å². The number of pyridine rings is 1. The molecule has 0 aliphatic carbocycles. The number of nitriles is 1. The van der Waals surface area contributed by atoms with Crippen LogP contribution in [0.4, 0.5) is 0 Å². The highest BCUT2D eigenvalue weighted by atomic mass is 79.9. The molecule has 1 aromatic rings. The van der Waals surface area contributed by atoms with Crippen LogP contribution in [0.25, 0.3) is 0 Å². The second kappa shape index (κ2) is 9.34. The Morgan fingerprint density at radius 3 is 3.05 bits per heavy atom. The van der Waals surface area contributed by atoms with Crippen molar-refractivity contribution in [1.82, 2.24) is 15.6 Å². The lowest BCUT2D eigenvalue weighted by molar-refractivity contribution is 0.726. The average molecular weight is 324 g/mol. The Bertz CT molecular complexity index is 453. The lowest BCUT2D eigenvalue weighted by Crippen LogP contribution is -2.34. The minimum atomic E-state index is 0.545. The van der Waals surface area contributed by atoms with E-state index in [9.17, 15) is 0 Å². The van der Waals surface area contributed by atoms with Gasteiger partial charge in [-0.15, -0.1) is 0 Å². The zero-order valence-electron chi connectivity index (χ0n) is 11.0. The van der Waals surface area contributed by atoms with E-state index >= 15 is 0 Å². The molecule has 1 aromatic heterocycles. The maximum absolute atomic E-state index is 8.55. The van der Waals surface area contributed by atoms with Crippen LogP contribution in [-0.2, 0) is 6.42 Å². The van der Waals surface area contributed by atoms with Crippen LogP contribution in [0.3, 0.4) is 0 Å². The summed E-state index contributed by atoms with van der Waals surface area (Å²) in [7, 11) is 0. The van der Waals surface area contributed by atoms with Crippen molar-refractivity contribution in [2.45, 2.75) is 26.2 Å². The van der Waals surface area contributed by atoms with Gasteiger partial charge in [-0.2, -0.15) is 5.26 Å². The van der Waals surface area contributed by atoms with Crippen LogP contribution in [0.5, 0.6) is 0 Å². The molecule has 0 saturated heterocycles. The Hall–Kier alpha value is -1.61. The molecule has 0 aliphatic rings. The van der Waals surface area contributed by atoms with Crippen LogP contribution in [-0.4, -0.2) is 24.0 Å². The minimum Gasteiger partial charge on any atom is -0.356 e. The molecular formula is C13H18BrN5. The zero-order valence-corrected chi connectivity index (χ0v) is 12.6. The Balaban J connectivity index is 2.29. The molecule has 19 heavy (non-hydrogen) atoms. The quantitative estimate of drug-likeness (QED) is 0.277. The summed E-state index contributed by atoms with van der Waals surface area (Å²) in [5, 5.41) is 14.1. The normalized spacial score (nSPS) is 10.9. The van der Waals surface area contributed by atoms with E-state index in [0.717, 1.165) is 36.0 Å². The first kappa shape index (κ1) is 15.4. The third-order valence-corrected chi connectivity index (χ3v) is 3.17. The Morgan fingerprint density at radius 2 is 2.37 bits per heavy atom. The number of hydrogen-bond donors (Lipinski definition) is 2. The number of guanidine groups is 1. The molecule has 102 valence electrons. The molecule has 6 heteroatoms. The van der Waals surface area contributed by atoms with Gasteiger partial charge in [0.1, 0.15) is 0 Å². The second-order valence-electron chi connectivity index (χ2n) is 3.89. The molecule has 0 fully saturated rings. The number of nitrogens with zero attached hydrogens (tertiary/aromatic N) is 3. The first-order chi connectivity index (χ1) is 9.27. The molecule has 2 N–H and O–H groups in total. The van der Waals surface area contributed by atoms with Crippen LogP contribution in [0.15, 0.2) is 27.8 Å². The topological polar surface area (TPSA) is 73.1 Å². The van der Waals surface area contributed by atoms with Crippen LogP contribution in [0, 0.1) is 11.5 Å². The summed E-state index contributed by atoms with van der Waals surface area (Å²) in [6, 6.07) is 3.91. The lowest BCUT2D eigenvalue weighted by atomic mass is 10.2. The van der Waals surface area contributed by atoms with Gasteiger partial charge < -0.3 is 5.32 Å². The van der Waals surface area contributed by atoms with Gasteiger partial charge in [0, 0.05) is 23.8 Å². The number of aliphatic imine (C=N–C) groups is 1. The van der Waals surface area contributed by atoms with Crippen LogP contribution < -0.4 is 10.6 Å². The summed E-state index contributed by atoms with van der Waals surface area (Å²) >= 11 is 3.48. The Morgan fingerprint density at radius 1 is 1.53 bits per heavy atom. The molecule has 1 rings (SSSR count). The zero-order chi connectivity index (χ0) is 13.9. The summed E-state index contributed by atoms with van der Waals surface area (Å²) in [4.78, 5) is 8.62. The van der Waals surface area contributed by atoms with Crippen molar-refractivity contribution < 1.29 is 0 Å². The predicted molar refractivity (Wildman–Crippen MR) is 79.6 cm³/mol.